The maximum absolute atomic E-state index is 14.0. The topological polar surface area (TPSA) is 157 Å². The SMILES string of the molecule is CCN(c1ccc(/N=C2\C(C#N)=C(C(=O)OC3C(C)CC(C)CC3C)c3nc(-c4ccc(C)cc4)nn32)c(C)c1)C(CN)S(C)(=O)=O. The van der Waals surface area contributed by atoms with Gasteiger partial charge in [0, 0.05) is 30.6 Å². The molecule has 3 unspecified atom stereocenters. The van der Waals surface area contributed by atoms with Crippen molar-refractivity contribution >= 4 is 38.6 Å². The van der Waals surface area contributed by atoms with Crippen LogP contribution in [0.25, 0.3) is 17.0 Å². The second kappa shape index (κ2) is 13.4. The number of ether oxygens (including phenoxy) is 1. The Morgan fingerprint density at radius 3 is 2.36 bits per heavy atom. The van der Waals surface area contributed by atoms with E-state index in [2.05, 4.69) is 26.8 Å². The number of aliphatic imine (C=N–C) groups is 1. The molecule has 1 saturated carbocycles. The highest BCUT2D eigenvalue weighted by atomic mass is 32.2. The Hall–Kier alpha value is -4.34. The number of nitrogens with zero attached hydrogens (tertiary/aromatic N) is 6. The van der Waals surface area contributed by atoms with Crippen molar-refractivity contribution in [3.05, 3.63) is 65.0 Å². The van der Waals surface area contributed by atoms with E-state index in [9.17, 15) is 18.5 Å². The lowest BCUT2D eigenvalue weighted by molar-refractivity contribution is -0.150. The molecule has 0 amide bonds. The molecule has 0 saturated heterocycles. The Labute approximate surface area is 277 Å². The maximum Gasteiger partial charge on any atom is 0.343 e. The Bertz CT molecular complexity index is 1880. The van der Waals surface area contributed by atoms with E-state index in [1.807, 2.05) is 51.1 Å². The maximum atomic E-state index is 14.0. The largest absolute Gasteiger partial charge is 0.458 e. The van der Waals surface area contributed by atoms with Crippen LogP contribution in [-0.2, 0) is 19.4 Å². The summed E-state index contributed by atoms with van der Waals surface area (Å²) in [6, 6.07) is 15.3. The van der Waals surface area contributed by atoms with Gasteiger partial charge in [-0.25, -0.2) is 23.2 Å². The number of nitriles is 1. The van der Waals surface area contributed by atoms with Crippen molar-refractivity contribution in [3.63, 3.8) is 0 Å². The summed E-state index contributed by atoms with van der Waals surface area (Å²) in [5.41, 5.74) is 9.70. The molecule has 1 aliphatic heterocycles. The number of aromatic nitrogens is 3. The van der Waals surface area contributed by atoms with Gasteiger partial charge >= 0.3 is 5.97 Å². The fourth-order valence-corrected chi connectivity index (χ4v) is 8.01. The monoisotopic (exact) mass is 657 g/mol. The number of fused-ring (bicyclic) bond motifs is 1. The molecule has 2 N–H and O–H groups in total. The van der Waals surface area contributed by atoms with Crippen LogP contribution in [0.15, 0.2) is 53.0 Å². The van der Waals surface area contributed by atoms with Crippen molar-refractivity contribution in [2.75, 3.05) is 24.2 Å². The summed E-state index contributed by atoms with van der Waals surface area (Å²) in [7, 11) is -3.45. The number of hydrogen-bond donors (Lipinski definition) is 1. The first kappa shape index (κ1) is 34.0. The molecule has 1 aliphatic carbocycles. The molecule has 0 spiro atoms. The number of rotatable bonds is 9. The summed E-state index contributed by atoms with van der Waals surface area (Å²) in [4.78, 5) is 25.3. The summed E-state index contributed by atoms with van der Waals surface area (Å²) < 4.78 is 32.5. The number of likely N-dealkylation sites (N-methyl/N-ethyl adjacent to an activating group) is 1. The van der Waals surface area contributed by atoms with Crippen molar-refractivity contribution < 1.29 is 17.9 Å². The molecule has 248 valence electrons. The van der Waals surface area contributed by atoms with E-state index in [1.54, 1.807) is 17.0 Å². The molecule has 3 atom stereocenters. The Balaban J connectivity index is 1.60. The van der Waals surface area contributed by atoms with Crippen molar-refractivity contribution in [3.8, 4) is 17.5 Å². The van der Waals surface area contributed by atoms with Gasteiger partial charge < -0.3 is 15.4 Å². The first-order valence-electron chi connectivity index (χ1n) is 16.0. The zero-order chi connectivity index (χ0) is 34.2. The summed E-state index contributed by atoms with van der Waals surface area (Å²) in [5.74, 6) is 1.03. The van der Waals surface area contributed by atoms with Crippen molar-refractivity contribution in [2.24, 2.45) is 28.5 Å². The average Bonchev–Trinajstić information content (AvgIpc) is 3.55. The number of carbonyl (C=O) groups excluding carboxylic acids is 1. The van der Waals surface area contributed by atoms with Crippen LogP contribution < -0.4 is 10.6 Å². The lowest BCUT2D eigenvalue weighted by Gasteiger charge is -2.37. The number of carbonyl (C=O) groups is 1. The van der Waals surface area contributed by atoms with Gasteiger partial charge in [0.1, 0.15) is 28.7 Å². The molecule has 2 aliphatic rings. The highest BCUT2D eigenvalue weighted by Gasteiger charge is 2.41. The lowest BCUT2D eigenvalue weighted by Crippen LogP contribution is -2.45. The zero-order valence-corrected chi connectivity index (χ0v) is 28.9. The molecule has 12 heteroatoms. The molecule has 2 heterocycles. The van der Waals surface area contributed by atoms with Gasteiger partial charge in [-0.3, -0.25) is 0 Å². The van der Waals surface area contributed by atoms with Crippen LogP contribution in [0.3, 0.4) is 0 Å². The number of aryl methyl sites for hydroxylation is 2. The Morgan fingerprint density at radius 2 is 1.81 bits per heavy atom. The molecular weight excluding hydrogens is 614 g/mol. The van der Waals surface area contributed by atoms with E-state index in [-0.39, 0.29) is 47.3 Å². The van der Waals surface area contributed by atoms with Crippen LogP contribution in [0.2, 0.25) is 0 Å². The standard InChI is InChI=1S/C35H43N7O4S/c1-8-41(29(19-37)47(7,44)45)26-13-14-28(22(4)17-26)38-33-27(18-36)30(35(43)46-31-23(5)15-21(3)16-24(31)6)34-39-32(40-42(33)34)25-11-9-20(2)10-12-25/h9-14,17,21,23-24,29,31H,8,15-16,19,37H2,1-7H3/b38-33+. The van der Waals surface area contributed by atoms with Gasteiger partial charge in [-0.1, -0.05) is 50.6 Å². The third-order valence-electron chi connectivity index (χ3n) is 9.17. The summed E-state index contributed by atoms with van der Waals surface area (Å²) in [6.07, 6.45) is 2.79. The minimum absolute atomic E-state index is 0.0314. The zero-order valence-electron chi connectivity index (χ0n) is 28.1. The van der Waals surface area contributed by atoms with E-state index in [4.69, 9.17) is 25.5 Å². The lowest BCUT2D eigenvalue weighted by atomic mass is 9.75. The van der Waals surface area contributed by atoms with Crippen LogP contribution in [0.4, 0.5) is 11.4 Å². The molecule has 0 bridgehead atoms. The first-order valence-corrected chi connectivity index (χ1v) is 18.0. The van der Waals surface area contributed by atoms with E-state index in [0.29, 0.717) is 29.7 Å². The fourth-order valence-electron chi connectivity index (χ4n) is 6.93. The van der Waals surface area contributed by atoms with Gasteiger partial charge in [0.05, 0.1) is 5.69 Å². The predicted octanol–water partition coefficient (Wildman–Crippen LogP) is 5.20. The third kappa shape index (κ3) is 6.73. The van der Waals surface area contributed by atoms with E-state index < -0.39 is 21.2 Å². The molecule has 3 aromatic rings. The van der Waals surface area contributed by atoms with Crippen LogP contribution in [0.1, 0.15) is 57.5 Å². The molecule has 2 aromatic carbocycles. The second-order valence-corrected chi connectivity index (χ2v) is 15.2. The second-order valence-electron chi connectivity index (χ2n) is 13.0. The quantitative estimate of drug-likeness (QED) is 0.306. The normalized spacial score (nSPS) is 22.6. The molecule has 47 heavy (non-hydrogen) atoms. The van der Waals surface area contributed by atoms with E-state index >= 15 is 0 Å². The highest BCUT2D eigenvalue weighted by molar-refractivity contribution is 7.91. The predicted molar refractivity (Wildman–Crippen MR) is 184 cm³/mol. The summed E-state index contributed by atoms with van der Waals surface area (Å²) in [6.45, 7) is 12.5. The number of esters is 1. The fraction of sp³-hybridized carbons (Fsp3) is 0.457. The van der Waals surface area contributed by atoms with Gasteiger partial charge in [0.15, 0.2) is 27.3 Å². The summed E-state index contributed by atoms with van der Waals surface area (Å²) >= 11 is 0. The van der Waals surface area contributed by atoms with E-state index in [1.165, 1.54) is 10.9 Å². The van der Waals surface area contributed by atoms with Crippen molar-refractivity contribution in [1.82, 2.24) is 14.8 Å². The Kier molecular flexibility index (Phi) is 9.70. The minimum Gasteiger partial charge on any atom is -0.458 e. The minimum atomic E-state index is -3.45. The van der Waals surface area contributed by atoms with Gasteiger partial charge in [-0.2, -0.15) is 9.94 Å². The molecule has 1 aromatic heterocycles. The smallest absolute Gasteiger partial charge is 0.343 e. The van der Waals surface area contributed by atoms with Crippen molar-refractivity contribution in [1.29, 1.82) is 5.26 Å². The van der Waals surface area contributed by atoms with Gasteiger partial charge in [0.25, 0.3) is 0 Å². The van der Waals surface area contributed by atoms with Crippen LogP contribution in [-0.4, -0.2) is 65.8 Å². The molecule has 11 nitrogen and oxygen atoms in total. The molecule has 0 radical (unpaired) electrons. The molecule has 1 fully saturated rings. The number of anilines is 1. The number of benzene rings is 2. The van der Waals surface area contributed by atoms with Crippen molar-refractivity contribution in [2.45, 2.75) is 65.9 Å². The number of hydrogen-bond acceptors (Lipinski definition) is 10. The Morgan fingerprint density at radius 1 is 1.15 bits per heavy atom. The molecular formula is C35H43N7O4S. The van der Waals surface area contributed by atoms with Crippen LogP contribution in [0.5, 0.6) is 0 Å². The van der Waals surface area contributed by atoms with Gasteiger partial charge in [-0.05, 0) is 75.1 Å². The number of allylic oxidation sites excluding steroid dienone is 1. The van der Waals surface area contributed by atoms with Gasteiger partial charge in [-0.15, -0.1) is 5.10 Å². The average molecular weight is 658 g/mol. The number of sulfone groups is 1. The number of nitrogens with two attached hydrogens (primary N) is 1. The van der Waals surface area contributed by atoms with Crippen LogP contribution >= 0.6 is 0 Å². The molecule has 5 rings (SSSR count). The highest BCUT2D eigenvalue weighted by Crippen LogP contribution is 2.38. The van der Waals surface area contributed by atoms with E-state index in [0.717, 1.165) is 29.5 Å². The third-order valence-corrected chi connectivity index (χ3v) is 10.6. The van der Waals surface area contributed by atoms with Gasteiger partial charge in [0.2, 0.25) is 0 Å². The summed E-state index contributed by atoms with van der Waals surface area (Å²) in [5, 5.41) is 14.3. The first-order chi connectivity index (χ1) is 22.3. The van der Waals surface area contributed by atoms with Crippen LogP contribution in [0, 0.1) is 42.9 Å².